The molecule has 0 atom stereocenters. The molecule has 0 spiro atoms. The van der Waals surface area contributed by atoms with Crippen LogP contribution in [0.2, 0.25) is 0 Å². The van der Waals surface area contributed by atoms with E-state index in [0.717, 1.165) is 23.6 Å². The zero-order valence-corrected chi connectivity index (χ0v) is 20.5. The van der Waals surface area contributed by atoms with Crippen LogP contribution in [0.1, 0.15) is 50.0 Å². The molecule has 3 aromatic carbocycles. The second-order valence-electron chi connectivity index (χ2n) is 8.92. The van der Waals surface area contributed by atoms with Gasteiger partial charge in [0.2, 0.25) is 0 Å². The monoisotopic (exact) mass is 494 g/mol. The summed E-state index contributed by atoms with van der Waals surface area (Å²) in [5.74, 6) is -0.354. The third-order valence-corrected chi connectivity index (χ3v) is 6.68. The molecule has 3 amide bonds. The topological polar surface area (TPSA) is 93.9 Å². The maximum atomic E-state index is 13.4. The van der Waals surface area contributed by atoms with Crippen molar-refractivity contribution in [1.82, 2.24) is 4.90 Å². The normalized spacial score (nSPS) is 15.3. The highest BCUT2D eigenvalue weighted by Crippen LogP contribution is 2.30. The first kappa shape index (κ1) is 24.1. The van der Waals surface area contributed by atoms with Crippen LogP contribution in [0.4, 0.5) is 11.4 Å². The van der Waals surface area contributed by atoms with Crippen molar-refractivity contribution in [2.75, 3.05) is 42.6 Å². The number of hydrogen-bond donors (Lipinski definition) is 0. The molecular formula is C29H26N4O4. The van der Waals surface area contributed by atoms with E-state index in [2.05, 4.69) is 11.0 Å². The molecule has 0 aliphatic carbocycles. The molecule has 2 heterocycles. The minimum Gasteiger partial charge on any atom is -0.494 e. The molecular weight excluding hydrogens is 468 g/mol. The summed E-state index contributed by atoms with van der Waals surface area (Å²) in [4.78, 5) is 44.7. The van der Waals surface area contributed by atoms with E-state index in [4.69, 9.17) is 10.00 Å². The van der Waals surface area contributed by atoms with Gasteiger partial charge in [0.1, 0.15) is 5.75 Å². The van der Waals surface area contributed by atoms with Gasteiger partial charge >= 0.3 is 0 Å². The lowest BCUT2D eigenvalue weighted by Gasteiger charge is -2.24. The predicted molar refractivity (Wildman–Crippen MR) is 139 cm³/mol. The SMILES string of the molecule is CCOc1ccc(N2C(=O)c3ccc(C(=O)N4CCCN(c5ccc(C#N)cc5)CC4)cc3C2=O)cc1. The number of carbonyl (C=O) groups is 3. The predicted octanol–water partition coefficient (Wildman–Crippen LogP) is 4.11. The quantitative estimate of drug-likeness (QED) is 0.496. The smallest absolute Gasteiger partial charge is 0.266 e. The largest absolute Gasteiger partial charge is 0.494 e. The van der Waals surface area contributed by atoms with Gasteiger partial charge in [-0.05, 0) is 80.1 Å². The van der Waals surface area contributed by atoms with E-state index in [1.54, 1.807) is 53.4 Å². The van der Waals surface area contributed by atoms with E-state index in [-0.39, 0.29) is 11.5 Å². The first-order valence-corrected chi connectivity index (χ1v) is 12.3. The zero-order valence-electron chi connectivity index (χ0n) is 20.5. The average molecular weight is 495 g/mol. The fourth-order valence-electron chi connectivity index (χ4n) is 4.77. The minimum atomic E-state index is -0.443. The van der Waals surface area contributed by atoms with Gasteiger partial charge < -0.3 is 14.5 Å². The molecule has 0 saturated carbocycles. The van der Waals surface area contributed by atoms with E-state index in [1.165, 1.54) is 6.07 Å². The van der Waals surface area contributed by atoms with Crippen molar-refractivity contribution in [1.29, 1.82) is 5.26 Å². The molecule has 8 nitrogen and oxygen atoms in total. The van der Waals surface area contributed by atoms with E-state index in [1.807, 2.05) is 19.1 Å². The van der Waals surface area contributed by atoms with Crippen molar-refractivity contribution >= 4 is 29.1 Å². The van der Waals surface area contributed by atoms with Gasteiger partial charge in [0.05, 0.1) is 35.1 Å². The van der Waals surface area contributed by atoms with Crippen LogP contribution in [0.15, 0.2) is 66.7 Å². The lowest BCUT2D eigenvalue weighted by molar-refractivity contribution is 0.0766. The Balaban J connectivity index is 1.31. The van der Waals surface area contributed by atoms with Gasteiger partial charge in [0.25, 0.3) is 17.7 Å². The number of amides is 3. The highest BCUT2D eigenvalue weighted by molar-refractivity contribution is 6.34. The highest BCUT2D eigenvalue weighted by Gasteiger charge is 2.37. The van der Waals surface area contributed by atoms with Gasteiger partial charge in [-0.1, -0.05) is 0 Å². The summed E-state index contributed by atoms with van der Waals surface area (Å²) >= 11 is 0. The van der Waals surface area contributed by atoms with Crippen LogP contribution in [0.25, 0.3) is 0 Å². The van der Waals surface area contributed by atoms with Crippen molar-refractivity contribution in [2.24, 2.45) is 0 Å². The lowest BCUT2D eigenvalue weighted by atomic mass is 10.0. The van der Waals surface area contributed by atoms with E-state index in [9.17, 15) is 14.4 Å². The fraction of sp³-hybridized carbons (Fsp3) is 0.241. The Labute approximate surface area is 215 Å². The number of carbonyl (C=O) groups excluding carboxylic acids is 3. The Morgan fingerprint density at radius 2 is 1.57 bits per heavy atom. The molecule has 0 aromatic heterocycles. The van der Waals surface area contributed by atoms with Gasteiger partial charge in [-0.2, -0.15) is 5.26 Å². The van der Waals surface area contributed by atoms with Gasteiger partial charge in [-0.3, -0.25) is 14.4 Å². The van der Waals surface area contributed by atoms with Crippen molar-refractivity contribution in [3.63, 3.8) is 0 Å². The number of fused-ring (bicyclic) bond motifs is 1. The fourth-order valence-corrected chi connectivity index (χ4v) is 4.77. The van der Waals surface area contributed by atoms with Crippen LogP contribution < -0.4 is 14.5 Å². The summed E-state index contributed by atoms with van der Waals surface area (Å²) in [6.07, 6.45) is 0.791. The van der Waals surface area contributed by atoms with E-state index < -0.39 is 11.8 Å². The number of benzene rings is 3. The number of rotatable bonds is 5. The van der Waals surface area contributed by atoms with E-state index >= 15 is 0 Å². The molecule has 5 rings (SSSR count). The molecule has 0 unspecified atom stereocenters. The van der Waals surface area contributed by atoms with Crippen LogP contribution in [-0.4, -0.2) is 55.4 Å². The number of anilines is 2. The Morgan fingerprint density at radius 3 is 2.27 bits per heavy atom. The molecule has 1 saturated heterocycles. The number of imide groups is 1. The molecule has 3 aromatic rings. The van der Waals surface area contributed by atoms with Crippen LogP contribution in [0.3, 0.4) is 0 Å². The second kappa shape index (κ2) is 10.2. The maximum absolute atomic E-state index is 13.4. The zero-order chi connectivity index (χ0) is 25.9. The molecule has 0 bridgehead atoms. The standard InChI is InChI=1S/C29H26N4O4/c1-2-37-24-11-9-23(10-12-24)33-28(35)25-13-6-21(18-26(25)29(33)36)27(34)32-15-3-14-31(16-17-32)22-7-4-20(19-30)5-8-22/h4-13,18H,2-3,14-17H2,1H3. The summed E-state index contributed by atoms with van der Waals surface area (Å²) in [5.41, 5.74) is 3.00. The first-order valence-electron chi connectivity index (χ1n) is 12.3. The van der Waals surface area contributed by atoms with Crippen LogP contribution in [0.5, 0.6) is 5.75 Å². The van der Waals surface area contributed by atoms with Gasteiger partial charge in [0.15, 0.2) is 0 Å². The number of nitrogens with zero attached hydrogens (tertiary/aromatic N) is 4. The van der Waals surface area contributed by atoms with Crippen molar-refractivity contribution < 1.29 is 19.1 Å². The molecule has 2 aliphatic rings. The summed E-state index contributed by atoms with van der Waals surface area (Å²) < 4.78 is 5.44. The maximum Gasteiger partial charge on any atom is 0.266 e. The van der Waals surface area contributed by atoms with Gasteiger partial charge in [-0.25, -0.2) is 4.90 Å². The summed E-state index contributed by atoms with van der Waals surface area (Å²) in [5, 5.41) is 9.02. The summed E-state index contributed by atoms with van der Waals surface area (Å²) in [7, 11) is 0. The third kappa shape index (κ3) is 4.64. The summed E-state index contributed by atoms with van der Waals surface area (Å²) in [6, 6.07) is 21.1. The van der Waals surface area contributed by atoms with E-state index in [0.29, 0.717) is 54.4 Å². The highest BCUT2D eigenvalue weighted by atomic mass is 16.5. The number of ether oxygens (including phenoxy) is 1. The van der Waals surface area contributed by atoms with Crippen LogP contribution in [-0.2, 0) is 0 Å². The van der Waals surface area contributed by atoms with Crippen molar-refractivity contribution in [2.45, 2.75) is 13.3 Å². The van der Waals surface area contributed by atoms with Crippen LogP contribution in [0, 0.1) is 11.3 Å². The molecule has 8 heteroatoms. The molecule has 186 valence electrons. The molecule has 2 aliphatic heterocycles. The van der Waals surface area contributed by atoms with Gasteiger partial charge in [0, 0.05) is 37.4 Å². The van der Waals surface area contributed by atoms with Crippen LogP contribution >= 0.6 is 0 Å². The summed E-state index contributed by atoms with van der Waals surface area (Å²) in [6.45, 7) is 4.98. The van der Waals surface area contributed by atoms with Crippen molar-refractivity contribution in [3.8, 4) is 11.8 Å². The Morgan fingerprint density at radius 1 is 0.865 bits per heavy atom. The Kier molecular flexibility index (Phi) is 6.60. The Hall–Kier alpha value is -4.64. The Bertz CT molecular complexity index is 1390. The first-order chi connectivity index (χ1) is 18.0. The number of hydrogen-bond acceptors (Lipinski definition) is 6. The van der Waals surface area contributed by atoms with Gasteiger partial charge in [-0.15, -0.1) is 0 Å². The third-order valence-electron chi connectivity index (χ3n) is 6.68. The average Bonchev–Trinajstić information content (AvgIpc) is 3.08. The minimum absolute atomic E-state index is 0.163. The molecule has 0 radical (unpaired) electrons. The molecule has 1 fully saturated rings. The second-order valence-corrected chi connectivity index (χ2v) is 8.92. The number of nitriles is 1. The lowest BCUT2D eigenvalue weighted by Crippen LogP contribution is -2.35. The molecule has 0 N–H and O–H groups in total. The van der Waals surface area contributed by atoms with Crippen molar-refractivity contribution in [3.05, 3.63) is 89.0 Å². The molecule has 37 heavy (non-hydrogen) atoms.